The van der Waals surface area contributed by atoms with Gasteiger partial charge >= 0.3 is 11.9 Å². The lowest BCUT2D eigenvalue weighted by molar-refractivity contribution is -0.135. The average Bonchev–Trinajstić information content (AvgIpc) is 2.62. The molecule has 0 unspecified atom stereocenters. The smallest absolute Gasteiger partial charge is 0.311 e. The van der Waals surface area contributed by atoms with Crippen LogP contribution in [-0.4, -0.2) is 11.9 Å². The van der Waals surface area contributed by atoms with E-state index in [9.17, 15) is 9.59 Å². The number of hydrogen-bond donors (Lipinski definition) is 0. The average molecular weight is 340 g/mol. The molecule has 0 bridgehead atoms. The van der Waals surface area contributed by atoms with Crippen molar-refractivity contribution in [2.24, 2.45) is 0 Å². The van der Waals surface area contributed by atoms with Gasteiger partial charge in [-0.3, -0.25) is 9.59 Å². The molecule has 0 fully saturated rings. The van der Waals surface area contributed by atoms with Crippen LogP contribution in [-0.2, 0) is 9.59 Å². The van der Waals surface area contributed by atoms with Gasteiger partial charge < -0.3 is 9.47 Å². The summed E-state index contributed by atoms with van der Waals surface area (Å²) in [6.45, 7) is 0. The van der Waals surface area contributed by atoms with E-state index in [4.69, 9.17) is 9.47 Å². The van der Waals surface area contributed by atoms with Crippen LogP contribution in [0.4, 0.5) is 0 Å². The maximum atomic E-state index is 11.7. The predicted octanol–water partition coefficient (Wildman–Crippen LogP) is 4.93. The lowest BCUT2D eigenvalue weighted by Gasteiger charge is -2.05. The maximum Gasteiger partial charge on any atom is 0.311 e. The van der Waals surface area contributed by atoms with E-state index >= 15 is 0 Å². The van der Waals surface area contributed by atoms with Crippen molar-refractivity contribution >= 4 is 11.9 Å². The Balaban J connectivity index is 1.46. The number of carbonyl (C=O) groups excluding carboxylic acids is 2. The molecule has 0 heterocycles. The van der Waals surface area contributed by atoms with Crippen molar-refractivity contribution in [1.82, 2.24) is 0 Å². The molecule has 0 spiro atoms. The number of esters is 2. The zero-order chi connectivity index (χ0) is 17.7. The summed E-state index contributed by atoms with van der Waals surface area (Å²) in [5.41, 5.74) is 0. The third kappa shape index (κ3) is 8.15. The molecule has 0 saturated heterocycles. The van der Waals surface area contributed by atoms with Crippen LogP contribution in [0.15, 0.2) is 60.7 Å². The normalized spacial score (nSPS) is 10.2. The van der Waals surface area contributed by atoms with Crippen molar-refractivity contribution in [1.29, 1.82) is 0 Å². The molecule has 0 aromatic heterocycles. The van der Waals surface area contributed by atoms with Gasteiger partial charge in [-0.25, -0.2) is 0 Å². The van der Waals surface area contributed by atoms with Gasteiger partial charge in [-0.2, -0.15) is 0 Å². The van der Waals surface area contributed by atoms with E-state index in [-0.39, 0.29) is 11.9 Å². The van der Waals surface area contributed by atoms with Crippen LogP contribution in [0.5, 0.6) is 11.5 Å². The summed E-state index contributed by atoms with van der Waals surface area (Å²) in [7, 11) is 0. The van der Waals surface area contributed by atoms with Crippen LogP contribution in [0.25, 0.3) is 0 Å². The topological polar surface area (TPSA) is 52.6 Å². The summed E-state index contributed by atoms with van der Waals surface area (Å²) in [5, 5.41) is 0. The van der Waals surface area contributed by atoms with Gasteiger partial charge in [0.2, 0.25) is 0 Å². The molecule has 2 rings (SSSR count). The van der Waals surface area contributed by atoms with E-state index < -0.39 is 0 Å². The molecule has 0 saturated carbocycles. The fourth-order valence-electron chi connectivity index (χ4n) is 2.41. The monoisotopic (exact) mass is 340 g/mol. The number of rotatable bonds is 10. The quantitative estimate of drug-likeness (QED) is 0.350. The van der Waals surface area contributed by atoms with E-state index in [1.54, 1.807) is 24.3 Å². The molecule has 0 radical (unpaired) electrons. The Hall–Kier alpha value is -2.62. The molecule has 2 aromatic carbocycles. The van der Waals surface area contributed by atoms with Crippen LogP contribution in [0, 0.1) is 0 Å². The number of benzene rings is 2. The minimum atomic E-state index is -0.197. The molecule has 2 aromatic rings. The van der Waals surface area contributed by atoms with Gasteiger partial charge in [-0.1, -0.05) is 55.7 Å². The van der Waals surface area contributed by atoms with Crippen LogP contribution in [0.3, 0.4) is 0 Å². The summed E-state index contributed by atoms with van der Waals surface area (Å²) in [6.07, 6.45) is 5.36. The van der Waals surface area contributed by atoms with E-state index in [1.807, 2.05) is 36.4 Å². The van der Waals surface area contributed by atoms with Crippen molar-refractivity contribution in [3.05, 3.63) is 60.7 Å². The number of carbonyl (C=O) groups is 2. The molecule has 0 N–H and O–H groups in total. The molecule has 4 heteroatoms. The SMILES string of the molecule is O=C(CCCCCCCC(=O)Oc1ccccc1)Oc1ccccc1. The van der Waals surface area contributed by atoms with E-state index in [2.05, 4.69) is 0 Å². The van der Waals surface area contributed by atoms with Gasteiger partial charge in [0.15, 0.2) is 0 Å². The fraction of sp³-hybridized carbons (Fsp3) is 0.333. The number of hydrogen-bond acceptors (Lipinski definition) is 4. The summed E-state index contributed by atoms with van der Waals surface area (Å²) in [5.74, 6) is 0.782. The number of para-hydroxylation sites is 2. The second kappa shape index (κ2) is 11.0. The molecule has 25 heavy (non-hydrogen) atoms. The number of ether oxygens (including phenoxy) is 2. The van der Waals surface area contributed by atoms with Crippen LogP contribution >= 0.6 is 0 Å². The second-order valence-corrected chi connectivity index (χ2v) is 5.84. The maximum absolute atomic E-state index is 11.7. The first-order valence-corrected chi connectivity index (χ1v) is 8.75. The van der Waals surface area contributed by atoms with Crippen molar-refractivity contribution in [2.45, 2.75) is 44.9 Å². The summed E-state index contributed by atoms with van der Waals surface area (Å²) >= 11 is 0. The fourth-order valence-corrected chi connectivity index (χ4v) is 2.41. The Kier molecular flexibility index (Phi) is 8.25. The third-order valence-electron chi connectivity index (χ3n) is 3.71. The highest BCUT2D eigenvalue weighted by Crippen LogP contribution is 2.13. The minimum absolute atomic E-state index is 0.197. The van der Waals surface area contributed by atoms with E-state index in [1.165, 1.54) is 0 Å². The molecule has 132 valence electrons. The lowest BCUT2D eigenvalue weighted by Crippen LogP contribution is -2.07. The highest BCUT2D eigenvalue weighted by atomic mass is 16.5. The minimum Gasteiger partial charge on any atom is -0.427 e. The lowest BCUT2D eigenvalue weighted by atomic mass is 10.1. The molecular formula is C21H24O4. The van der Waals surface area contributed by atoms with Gasteiger partial charge in [0, 0.05) is 12.8 Å². The van der Waals surface area contributed by atoms with Crippen molar-refractivity contribution in [2.75, 3.05) is 0 Å². The standard InChI is InChI=1S/C21H24O4/c22-20(24-18-12-6-4-7-13-18)16-10-2-1-3-11-17-21(23)25-19-14-8-5-9-15-19/h4-9,12-15H,1-3,10-11,16-17H2. The predicted molar refractivity (Wildman–Crippen MR) is 96.5 cm³/mol. The summed E-state index contributed by atoms with van der Waals surface area (Å²) in [4.78, 5) is 23.4. The first-order valence-electron chi connectivity index (χ1n) is 8.75. The summed E-state index contributed by atoms with van der Waals surface area (Å²) < 4.78 is 10.5. The molecular weight excluding hydrogens is 316 g/mol. The van der Waals surface area contributed by atoms with E-state index in [0.717, 1.165) is 32.1 Å². The van der Waals surface area contributed by atoms with Gasteiger partial charge in [0.25, 0.3) is 0 Å². The van der Waals surface area contributed by atoms with E-state index in [0.29, 0.717) is 24.3 Å². The molecule has 4 nitrogen and oxygen atoms in total. The first-order chi connectivity index (χ1) is 12.2. The van der Waals surface area contributed by atoms with Crippen molar-refractivity contribution in [3.8, 4) is 11.5 Å². The first kappa shape index (κ1) is 18.7. The third-order valence-corrected chi connectivity index (χ3v) is 3.71. The van der Waals surface area contributed by atoms with Crippen molar-refractivity contribution in [3.63, 3.8) is 0 Å². The van der Waals surface area contributed by atoms with Gasteiger partial charge in [0.05, 0.1) is 0 Å². The Labute approximate surface area is 148 Å². The molecule has 0 atom stereocenters. The molecule has 0 aliphatic carbocycles. The Morgan fingerprint density at radius 2 is 0.920 bits per heavy atom. The zero-order valence-electron chi connectivity index (χ0n) is 14.4. The Morgan fingerprint density at radius 1 is 0.560 bits per heavy atom. The van der Waals surface area contributed by atoms with Gasteiger partial charge in [-0.05, 0) is 37.1 Å². The second-order valence-electron chi connectivity index (χ2n) is 5.84. The van der Waals surface area contributed by atoms with Crippen LogP contribution < -0.4 is 9.47 Å². The zero-order valence-corrected chi connectivity index (χ0v) is 14.4. The molecule has 0 aliphatic heterocycles. The highest BCUT2D eigenvalue weighted by Gasteiger charge is 2.06. The Morgan fingerprint density at radius 3 is 1.32 bits per heavy atom. The number of unbranched alkanes of at least 4 members (excludes halogenated alkanes) is 4. The molecule has 0 aliphatic rings. The molecule has 0 amide bonds. The van der Waals surface area contributed by atoms with Crippen molar-refractivity contribution < 1.29 is 19.1 Å². The Bertz CT molecular complexity index is 580. The summed E-state index contributed by atoms with van der Waals surface area (Å²) in [6, 6.07) is 18.2. The van der Waals surface area contributed by atoms with Gasteiger partial charge in [0.1, 0.15) is 11.5 Å². The van der Waals surface area contributed by atoms with Crippen LogP contribution in [0.1, 0.15) is 44.9 Å². The highest BCUT2D eigenvalue weighted by molar-refractivity contribution is 5.72. The van der Waals surface area contributed by atoms with Crippen LogP contribution in [0.2, 0.25) is 0 Å². The van der Waals surface area contributed by atoms with Gasteiger partial charge in [-0.15, -0.1) is 0 Å². The largest absolute Gasteiger partial charge is 0.427 e.